The molecule has 0 heterocycles. The summed E-state index contributed by atoms with van der Waals surface area (Å²) in [5, 5.41) is 0. The van der Waals surface area contributed by atoms with Crippen molar-refractivity contribution < 1.29 is 14.2 Å². The average Bonchev–Trinajstić information content (AvgIpc) is 2.51. The molecule has 0 aromatic heterocycles. The number of allylic oxidation sites excluding steroid dienone is 4. The van der Waals surface area contributed by atoms with Crippen LogP contribution in [0.4, 0.5) is 0 Å². The Kier molecular flexibility index (Phi) is 14.4. The number of rotatable bonds is 16. The lowest BCUT2D eigenvalue weighted by Crippen LogP contribution is -2.10. The zero-order valence-electron chi connectivity index (χ0n) is 13.3. The molecule has 0 rings (SSSR count). The summed E-state index contributed by atoms with van der Waals surface area (Å²) in [5.41, 5.74) is 2.12. The third kappa shape index (κ3) is 15.1. The average molecular weight is 294 g/mol. The van der Waals surface area contributed by atoms with Crippen LogP contribution in [0, 0.1) is 0 Å². The second kappa shape index (κ2) is 15.2. The Morgan fingerprint density at radius 1 is 0.619 bits per heavy atom. The lowest BCUT2D eigenvalue weighted by Gasteiger charge is -2.07. The maximum absolute atomic E-state index is 5.45. The SMILES string of the molecule is C=CC(=C)CCCOCCOCCOCCCC(=C)C=C. The predicted molar refractivity (Wildman–Crippen MR) is 89.6 cm³/mol. The van der Waals surface area contributed by atoms with E-state index in [1.807, 2.05) is 0 Å². The van der Waals surface area contributed by atoms with E-state index in [0.29, 0.717) is 26.4 Å². The summed E-state index contributed by atoms with van der Waals surface area (Å²) in [6.45, 7) is 19.0. The van der Waals surface area contributed by atoms with E-state index in [1.165, 1.54) is 0 Å². The lowest BCUT2D eigenvalue weighted by molar-refractivity contribution is 0.0139. The van der Waals surface area contributed by atoms with Gasteiger partial charge < -0.3 is 14.2 Å². The van der Waals surface area contributed by atoms with E-state index in [0.717, 1.165) is 50.0 Å². The molecule has 120 valence electrons. The van der Waals surface area contributed by atoms with Gasteiger partial charge in [0.1, 0.15) is 0 Å². The van der Waals surface area contributed by atoms with Crippen LogP contribution >= 0.6 is 0 Å². The normalized spacial score (nSPS) is 10.3. The maximum atomic E-state index is 5.45. The van der Waals surface area contributed by atoms with Gasteiger partial charge in [0.15, 0.2) is 0 Å². The molecule has 0 unspecified atom stereocenters. The molecule has 0 amide bonds. The van der Waals surface area contributed by atoms with Crippen molar-refractivity contribution >= 4 is 0 Å². The van der Waals surface area contributed by atoms with Crippen molar-refractivity contribution in [3.63, 3.8) is 0 Å². The first-order chi connectivity index (χ1) is 10.2. The molecule has 0 N–H and O–H groups in total. The smallest absolute Gasteiger partial charge is 0.0701 e. The molecule has 0 radical (unpaired) electrons. The van der Waals surface area contributed by atoms with Crippen LogP contribution in [0.25, 0.3) is 0 Å². The Bertz CT molecular complexity index is 278. The maximum Gasteiger partial charge on any atom is 0.0701 e. The molecule has 0 atom stereocenters. The monoisotopic (exact) mass is 294 g/mol. The highest BCUT2D eigenvalue weighted by Gasteiger charge is 1.94. The van der Waals surface area contributed by atoms with Crippen LogP contribution < -0.4 is 0 Å². The fraction of sp³-hybridized carbons (Fsp3) is 0.556. The summed E-state index contributed by atoms with van der Waals surface area (Å²) in [5.74, 6) is 0. The molecule has 0 fully saturated rings. The highest BCUT2D eigenvalue weighted by atomic mass is 16.5. The molecule has 3 heteroatoms. The minimum atomic E-state index is 0.610. The largest absolute Gasteiger partial charge is 0.379 e. The molecule has 0 aromatic rings. The lowest BCUT2D eigenvalue weighted by atomic mass is 10.2. The van der Waals surface area contributed by atoms with Crippen molar-refractivity contribution in [2.45, 2.75) is 25.7 Å². The summed E-state index contributed by atoms with van der Waals surface area (Å²) in [6, 6.07) is 0. The predicted octanol–water partition coefficient (Wildman–Crippen LogP) is 4.08. The molecule has 0 saturated heterocycles. The van der Waals surface area contributed by atoms with Crippen molar-refractivity contribution in [3.05, 3.63) is 49.6 Å². The number of ether oxygens (including phenoxy) is 3. The van der Waals surface area contributed by atoms with Crippen molar-refractivity contribution in [2.75, 3.05) is 39.6 Å². The van der Waals surface area contributed by atoms with E-state index in [1.54, 1.807) is 12.2 Å². The molecule has 0 spiro atoms. The summed E-state index contributed by atoms with van der Waals surface area (Å²) in [4.78, 5) is 0. The Morgan fingerprint density at radius 2 is 0.952 bits per heavy atom. The molecular formula is C18H30O3. The van der Waals surface area contributed by atoms with Gasteiger partial charge in [0.25, 0.3) is 0 Å². The summed E-state index contributed by atoms with van der Waals surface area (Å²) in [7, 11) is 0. The van der Waals surface area contributed by atoms with Gasteiger partial charge in [0.05, 0.1) is 26.4 Å². The van der Waals surface area contributed by atoms with Gasteiger partial charge >= 0.3 is 0 Å². The van der Waals surface area contributed by atoms with Gasteiger partial charge in [-0.1, -0.05) is 49.6 Å². The summed E-state index contributed by atoms with van der Waals surface area (Å²) < 4.78 is 16.3. The van der Waals surface area contributed by atoms with Crippen LogP contribution in [0.15, 0.2) is 49.6 Å². The molecule has 0 bridgehead atoms. The second-order valence-electron chi connectivity index (χ2n) is 4.77. The van der Waals surface area contributed by atoms with Crippen LogP contribution in [0.5, 0.6) is 0 Å². The Morgan fingerprint density at radius 3 is 1.29 bits per heavy atom. The van der Waals surface area contributed by atoms with Crippen LogP contribution in [0.3, 0.4) is 0 Å². The van der Waals surface area contributed by atoms with Gasteiger partial charge in [-0.05, 0) is 25.7 Å². The molecular weight excluding hydrogens is 264 g/mol. The molecule has 21 heavy (non-hydrogen) atoms. The van der Waals surface area contributed by atoms with E-state index < -0.39 is 0 Å². The zero-order chi connectivity index (χ0) is 15.8. The fourth-order valence-corrected chi connectivity index (χ4v) is 1.55. The van der Waals surface area contributed by atoms with E-state index in [4.69, 9.17) is 14.2 Å². The summed E-state index contributed by atoms with van der Waals surface area (Å²) in [6.07, 6.45) is 7.41. The third-order valence-electron chi connectivity index (χ3n) is 2.89. The highest BCUT2D eigenvalue weighted by molar-refractivity contribution is 5.10. The molecule has 0 aliphatic carbocycles. The Hall–Kier alpha value is -1.16. The first-order valence-electron chi connectivity index (χ1n) is 7.54. The van der Waals surface area contributed by atoms with Gasteiger partial charge in [0.2, 0.25) is 0 Å². The van der Waals surface area contributed by atoms with Gasteiger partial charge in [0, 0.05) is 13.2 Å². The van der Waals surface area contributed by atoms with Crippen molar-refractivity contribution in [1.29, 1.82) is 0 Å². The van der Waals surface area contributed by atoms with Crippen LogP contribution in [0.1, 0.15) is 25.7 Å². The van der Waals surface area contributed by atoms with E-state index in [-0.39, 0.29) is 0 Å². The molecule has 0 aliphatic rings. The number of hydrogen-bond donors (Lipinski definition) is 0. The van der Waals surface area contributed by atoms with Gasteiger partial charge in [-0.2, -0.15) is 0 Å². The van der Waals surface area contributed by atoms with E-state index in [9.17, 15) is 0 Å². The Labute approximate surface area is 130 Å². The second-order valence-corrected chi connectivity index (χ2v) is 4.77. The van der Waals surface area contributed by atoms with Crippen LogP contribution in [0.2, 0.25) is 0 Å². The van der Waals surface area contributed by atoms with Gasteiger partial charge in [-0.15, -0.1) is 0 Å². The standard InChI is InChI=1S/C18H30O3/c1-5-17(3)9-7-11-19-13-15-21-16-14-20-12-8-10-18(4)6-2/h5-6H,1-4,7-16H2. The molecule has 0 saturated carbocycles. The molecule has 0 aromatic carbocycles. The van der Waals surface area contributed by atoms with Crippen molar-refractivity contribution in [3.8, 4) is 0 Å². The highest BCUT2D eigenvalue weighted by Crippen LogP contribution is 2.03. The first kappa shape index (κ1) is 19.8. The topological polar surface area (TPSA) is 27.7 Å². The van der Waals surface area contributed by atoms with Gasteiger partial charge in [-0.25, -0.2) is 0 Å². The van der Waals surface area contributed by atoms with Crippen molar-refractivity contribution in [1.82, 2.24) is 0 Å². The first-order valence-corrected chi connectivity index (χ1v) is 7.54. The minimum Gasteiger partial charge on any atom is -0.379 e. The van der Waals surface area contributed by atoms with E-state index in [2.05, 4.69) is 26.3 Å². The van der Waals surface area contributed by atoms with Crippen molar-refractivity contribution in [2.24, 2.45) is 0 Å². The quantitative estimate of drug-likeness (QED) is 0.317. The van der Waals surface area contributed by atoms with Gasteiger partial charge in [-0.3, -0.25) is 0 Å². The van der Waals surface area contributed by atoms with Crippen LogP contribution in [-0.2, 0) is 14.2 Å². The molecule has 0 aliphatic heterocycles. The summed E-state index contributed by atoms with van der Waals surface area (Å²) >= 11 is 0. The van der Waals surface area contributed by atoms with Crippen LogP contribution in [-0.4, -0.2) is 39.6 Å². The fourth-order valence-electron chi connectivity index (χ4n) is 1.55. The number of hydrogen-bond acceptors (Lipinski definition) is 3. The Balaban J connectivity index is 3.09. The zero-order valence-corrected chi connectivity index (χ0v) is 13.3. The third-order valence-corrected chi connectivity index (χ3v) is 2.89. The van der Waals surface area contributed by atoms with E-state index >= 15 is 0 Å². The molecule has 3 nitrogen and oxygen atoms in total. The minimum absolute atomic E-state index is 0.610.